The van der Waals surface area contributed by atoms with E-state index in [0.717, 1.165) is 57.2 Å². The molecule has 8 unspecified atom stereocenters. The maximum absolute atomic E-state index is 14.2. The van der Waals surface area contributed by atoms with Crippen LogP contribution in [0.1, 0.15) is 124 Å². The van der Waals surface area contributed by atoms with Crippen LogP contribution in [0.2, 0.25) is 47.2 Å². The summed E-state index contributed by atoms with van der Waals surface area (Å²) in [7, 11) is 0. The monoisotopic (exact) mass is 564 g/mol. The summed E-state index contributed by atoms with van der Waals surface area (Å²) in [6.45, 7) is 3.10. The van der Waals surface area contributed by atoms with Crippen molar-refractivity contribution in [3.8, 4) is 0 Å². The van der Waals surface area contributed by atoms with Crippen LogP contribution in [0.3, 0.4) is 0 Å². The van der Waals surface area contributed by atoms with Crippen molar-refractivity contribution in [2.45, 2.75) is 171 Å². The second-order valence-electron chi connectivity index (χ2n) is 17.5. The summed E-state index contributed by atoms with van der Waals surface area (Å²) in [6, 6.07) is 0. The number of hydrogen-bond donors (Lipinski definition) is 0. The van der Waals surface area contributed by atoms with Gasteiger partial charge < -0.3 is 0 Å². The van der Waals surface area contributed by atoms with Gasteiger partial charge >= 0.3 is 176 Å². The molecule has 3 nitrogen and oxygen atoms in total. The van der Waals surface area contributed by atoms with Gasteiger partial charge in [0.1, 0.15) is 0 Å². The zero-order valence-electron chi connectivity index (χ0n) is 24.3. The number of fused-ring (bicyclic) bond motifs is 10. The molecule has 0 amide bonds. The van der Waals surface area contributed by atoms with E-state index < -0.39 is 6.51 Å². The molecule has 214 valence electrons. The Kier molecular flexibility index (Phi) is 2.35. The number of carbonyl (C=O) groups excluding carboxylic acids is 2. The second kappa shape index (κ2) is 3.88. The van der Waals surface area contributed by atoms with Gasteiger partial charge in [-0.1, -0.05) is 45.4 Å². The SMILES string of the molecule is CCCCCCCCCCCCCCCCCC(=O)[C]12[CH]3[CH]4[CH]5[CH]1[Fe]45321678[CH]2[CH]1[CH]6[C]7(C(C)=CC(=O)OCC)[CH]28. The molecule has 10 rings (SSSR count). The van der Waals surface area contributed by atoms with Crippen molar-refractivity contribution in [2.75, 3.05) is 6.61 Å². The Morgan fingerprint density at radius 2 is 1.08 bits per heavy atom. The molecule has 0 saturated carbocycles. The van der Waals surface area contributed by atoms with Crippen molar-refractivity contribution in [1.82, 2.24) is 0 Å². The second-order valence-corrected chi connectivity index (χ2v) is 40.7. The van der Waals surface area contributed by atoms with Crippen LogP contribution in [0, 0.1) is 0 Å². The van der Waals surface area contributed by atoms with Crippen LogP contribution in [0.25, 0.3) is 0 Å². The average molecular weight is 565 g/mol. The summed E-state index contributed by atoms with van der Waals surface area (Å²) >= 11 is 0. The fraction of sp³-hybridized carbons (Fsp3) is 0.882. The molecule has 8 atom stereocenters. The maximum atomic E-state index is 14.2. The van der Waals surface area contributed by atoms with Crippen LogP contribution >= 0.6 is 0 Å². The first kappa shape index (κ1) is 23.0. The molecule has 10 fully saturated rings. The molecule has 10 heterocycles. The number of carbonyl (C=O) groups is 2. The molecule has 0 bridgehead atoms. The molecule has 0 N–H and O–H groups in total. The van der Waals surface area contributed by atoms with Crippen molar-refractivity contribution < 1.29 is 20.8 Å². The number of ketones is 1. The molecule has 0 aromatic rings. The Bertz CT molecular complexity index is 1520. The molecule has 10 aliphatic rings. The van der Waals surface area contributed by atoms with E-state index >= 15 is 0 Å². The summed E-state index contributed by atoms with van der Waals surface area (Å²) in [5.74, 6) is 0.654. The van der Waals surface area contributed by atoms with Gasteiger partial charge in [-0.05, 0) is 0 Å². The molecule has 10 aliphatic heterocycles. The Morgan fingerprint density at radius 1 is 0.658 bits per heavy atom. The number of hydrogen-bond acceptors (Lipinski definition) is 3. The first-order valence-electron chi connectivity index (χ1n) is 16.9. The van der Waals surface area contributed by atoms with E-state index in [1.807, 2.05) is 13.0 Å². The number of ether oxygens (including phenoxy) is 1. The van der Waals surface area contributed by atoms with Crippen molar-refractivity contribution in [1.29, 1.82) is 0 Å². The first-order chi connectivity index (χ1) is 18.3. The van der Waals surface area contributed by atoms with Crippen LogP contribution in [0.5, 0.6) is 0 Å². The molecule has 38 heavy (non-hydrogen) atoms. The predicted molar refractivity (Wildman–Crippen MR) is 150 cm³/mol. The van der Waals surface area contributed by atoms with Gasteiger partial charge in [-0.3, -0.25) is 0 Å². The zero-order valence-corrected chi connectivity index (χ0v) is 25.4. The summed E-state index contributed by atoms with van der Waals surface area (Å²) in [5, 5.41) is 0. The van der Waals surface area contributed by atoms with E-state index in [0.29, 0.717) is 10.9 Å². The number of unbranched alkanes of at least 4 members (excludes halogenated alkanes) is 14. The number of allylic oxidation sites excluding steroid dienone is 1. The summed E-state index contributed by atoms with van der Waals surface area (Å²) in [6.07, 6.45) is 23.5. The van der Waals surface area contributed by atoms with Crippen LogP contribution in [0.15, 0.2) is 11.6 Å². The van der Waals surface area contributed by atoms with E-state index in [4.69, 9.17) is 4.74 Å². The van der Waals surface area contributed by atoms with Crippen LogP contribution in [-0.4, -0.2) is 18.4 Å². The normalized spacial score (nSPS) is 62.1. The van der Waals surface area contributed by atoms with Gasteiger partial charge in [-0.15, -0.1) is 0 Å². The van der Waals surface area contributed by atoms with Crippen LogP contribution in [0.4, 0.5) is 0 Å². The third-order valence-electron chi connectivity index (χ3n) is 20.5. The third-order valence-corrected chi connectivity index (χ3v) is 63.4. The van der Waals surface area contributed by atoms with E-state index in [2.05, 4.69) is 13.8 Å². The Hall–Kier alpha value is -0.601. The van der Waals surface area contributed by atoms with E-state index in [-0.39, 0.29) is 10.3 Å². The fourth-order valence-corrected chi connectivity index (χ4v) is 98.5. The van der Waals surface area contributed by atoms with Crippen LogP contribution in [-0.2, 0) is 20.8 Å². The molecule has 0 aromatic heterocycles. The molecule has 0 radical (unpaired) electrons. The van der Waals surface area contributed by atoms with Crippen molar-refractivity contribution in [2.24, 2.45) is 0 Å². The van der Waals surface area contributed by atoms with Gasteiger partial charge in [-0.25, -0.2) is 0 Å². The minimum atomic E-state index is -3.84. The average Bonchev–Trinajstić information content (AvgIpc) is 3.84. The number of rotatable bonds is 20. The predicted octanol–water partition coefficient (Wildman–Crippen LogP) is 10.5. The van der Waals surface area contributed by atoms with Crippen molar-refractivity contribution in [3.63, 3.8) is 0 Å². The van der Waals surface area contributed by atoms with E-state index in [9.17, 15) is 9.59 Å². The standard InChI is InChI=1S/C23H39O.C11H13O2.Fe/c1-2-3-4-5-6-7-8-9-10-11-12-13-14-15-16-21-23(24)22-19-17-18-20-22;1-3-13-11(12)8-9(2)10-6-4-5-7-10;/h17-20H,2-16,21H2,1H3;4-8H,3H2,1-2H3;. The molecule has 10 saturated heterocycles. The van der Waals surface area contributed by atoms with E-state index in [1.54, 1.807) is 0 Å². The Labute approximate surface area is 221 Å². The zero-order chi connectivity index (χ0) is 26.1. The van der Waals surface area contributed by atoms with Gasteiger partial charge in [0.05, 0.1) is 0 Å². The van der Waals surface area contributed by atoms with Gasteiger partial charge in [-0.2, -0.15) is 0 Å². The quantitative estimate of drug-likeness (QED) is 0.0639. The number of Topliss-reactive ketones (excluding diaryl/α,β-unsaturated/α-hetero) is 1. The van der Waals surface area contributed by atoms with Crippen molar-refractivity contribution >= 4 is 11.8 Å². The van der Waals surface area contributed by atoms with Gasteiger partial charge in [0, 0.05) is 0 Å². The summed E-state index contributed by atoms with van der Waals surface area (Å²) in [4.78, 5) is 34.7. The minimum absolute atomic E-state index is 0.126. The first-order valence-corrected chi connectivity index (χ1v) is 23.1. The van der Waals surface area contributed by atoms with Gasteiger partial charge in [0.2, 0.25) is 0 Å². The fourth-order valence-electron chi connectivity index (χ4n) is 21.7. The van der Waals surface area contributed by atoms with Crippen molar-refractivity contribution in [3.05, 3.63) is 11.6 Å². The molecule has 0 aliphatic carbocycles. The Morgan fingerprint density at radius 3 is 1.50 bits per heavy atom. The Balaban J connectivity index is 0.712. The van der Waals surface area contributed by atoms with Crippen LogP contribution < -0.4 is 0 Å². The molecule has 0 aromatic carbocycles. The molecular weight excluding hydrogens is 512 g/mol. The summed E-state index contributed by atoms with van der Waals surface area (Å²) < 4.78 is 6.07. The molecule has 1 spiro atoms. The van der Waals surface area contributed by atoms with Gasteiger partial charge in [0.15, 0.2) is 0 Å². The molecular formula is C34H52FeO3. The van der Waals surface area contributed by atoms with Gasteiger partial charge in [0.25, 0.3) is 0 Å². The molecule has 4 heteroatoms. The summed E-state index contributed by atoms with van der Waals surface area (Å²) in [5.41, 5.74) is 1.40. The third kappa shape index (κ3) is 0.613. The topological polar surface area (TPSA) is 43.4 Å². The van der Waals surface area contributed by atoms with E-state index in [1.165, 1.54) is 95.5 Å². The number of esters is 1.